The van der Waals surface area contributed by atoms with E-state index in [2.05, 4.69) is 24.1 Å². The van der Waals surface area contributed by atoms with Gasteiger partial charge in [-0.15, -0.1) is 11.3 Å². The molecule has 2 heterocycles. The number of hydrogen-bond acceptors (Lipinski definition) is 4. The van der Waals surface area contributed by atoms with Crippen molar-refractivity contribution in [3.05, 3.63) is 45.9 Å². The van der Waals surface area contributed by atoms with Crippen molar-refractivity contribution in [3.8, 4) is 5.75 Å². The minimum absolute atomic E-state index is 0.0111. The number of likely N-dealkylation sites (tertiary alicyclic amines) is 1. The fourth-order valence-electron chi connectivity index (χ4n) is 3.26. The van der Waals surface area contributed by atoms with Gasteiger partial charge >= 0.3 is 6.03 Å². The lowest BCUT2D eigenvalue weighted by Crippen LogP contribution is -2.44. The highest BCUT2D eigenvalue weighted by Gasteiger charge is 2.26. The molecule has 1 saturated heterocycles. The molecule has 1 atom stereocenters. The summed E-state index contributed by atoms with van der Waals surface area (Å²) in [5.74, 6) is 1.26. The summed E-state index contributed by atoms with van der Waals surface area (Å²) in [5, 5.41) is 6.21. The first-order chi connectivity index (χ1) is 12.7. The number of aryl methyl sites for hydroxylation is 1. The molecule has 1 aromatic heterocycles. The van der Waals surface area contributed by atoms with Crippen LogP contribution < -0.4 is 10.1 Å². The van der Waals surface area contributed by atoms with Crippen LogP contribution in [0, 0.1) is 6.92 Å². The number of thiazole rings is 1. The lowest BCUT2D eigenvalue weighted by atomic mass is 9.99. The van der Waals surface area contributed by atoms with Crippen LogP contribution in [0.3, 0.4) is 0 Å². The molecule has 2 amide bonds. The van der Waals surface area contributed by atoms with E-state index in [0.717, 1.165) is 60.8 Å². The van der Waals surface area contributed by atoms with Gasteiger partial charge in [-0.2, -0.15) is 0 Å². The molecule has 1 fully saturated rings. The summed E-state index contributed by atoms with van der Waals surface area (Å²) in [4.78, 5) is 18.9. The zero-order valence-electron chi connectivity index (χ0n) is 15.5. The molecule has 140 valence electrons. The van der Waals surface area contributed by atoms with E-state index >= 15 is 0 Å². The number of piperidine rings is 1. The molecule has 0 aliphatic carbocycles. The minimum Gasteiger partial charge on any atom is -0.494 e. The quantitative estimate of drug-likeness (QED) is 0.820. The monoisotopic (exact) mass is 373 g/mol. The molecule has 0 radical (unpaired) electrons. The van der Waals surface area contributed by atoms with Crippen molar-refractivity contribution in [2.24, 2.45) is 0 Å². The number of nitrogens with one attached hydrogen (secondary N) is 1. The van der Waals surface area contributed by atoms with Gasteiger partial charge in [-0.25, -0.2) is 9.78 Å². The molecule has 1 aromatic carbocycles. The van der Waals surface area contributed by atoms with Gasteiger partial charge in [0.15, 0.2) is 0 Å². The summed E-state index contributed by atoms with van der Waals surface area (Å²) < 4.78 is 5.66. The highest BCUT2D eigenvalue weighted by molar-refractivity contribution is 7.09. The summed E-state index contributed by atoms with van der Waals surface area (Å²) in [6, 6.07) is 6.06. The molecule has 5 nitrogen and oxygen atoms in total. The fourth-order valence-corrected chi connectivity index (χ4v) is 4.03. The smallest absolute Gasteiger partial charge is 0.317 e. The highest BCUT2D eigenvalue weighted by Crippen LogP contribution is 2.28. The van der Waals surface area contributed by atoms with Crippen molar-refractivity contribution in [1.29, 1.82) is 0 Å². The Balaban J connectivity index is 1.53. The van der Waals surface area contributed by atoms with Crippen LogP contribution >= 0.6 is 11.3 Å². The van der Waals surface area contributed by atoms with Crippen molar-refractivity contribution < 1.29 is 9.53 Å². The topological polar surface area (TPSA) is 54.5 Å². The number of amides is 2. The Hall–Kier alpha value is -2.08. The van der Waals surface area contributed by atoms with Gasteiger partial charge in [0, 0.05) is 37.1 Å². The van der Waals surface area contributed by atoms with Crippen LogP contribution in [0.15, 0.2) is 29.8 Å². The van der Waals surface area contributed by atoms with E-state index in [1.165, 1.54) is 0 Å². The number of aromatic nitrogens is 1. The van der Waals surface area contributed by atoms with E-state index in [-0.39, 0.29) is 6.03 Å². The van der Waals surface area contributed by atoms with Gasteiger partial charge in [0.1, 0.15) is 5.75 Å². The van der Waals surface area contributed by atoms with Crippen LogP contribution in [-0.2, 0) is 6.54 Å². The lowest BCUT2D eigenvalue weighted by Gasteiger charge is -2.32. The average Bonchev–Trinajstić information content (AvgIpc) is 3.20. The first-order valence-electron chi connectivity index (χ1n) is 9.32. The summed E-state index contributed by atoms with van der Waals surface area (Å²) in [6.45, 7) is 6.98. The Morgan fingerprint density at radius 1 is 1.46 bits per heavy atom. The third kappa shape index (κ3) is 4.75. The predicted molar refractivity (Wildman–Crippen MR) is 105 cm³/mol. The standard InChI is InChI=1S/C20H27N3O2S/c1-3-10-25-18-7-6-16(15(2)12-18)13-22-20(24)23-9-4-5-17(14-23)19-21-8-11-26-19/h6-8,11-12,17H,3-5,9-10,13-14H2,1-2H3,(H,22,24)/t17-/m0/s1. The number of carbonyl (C=O) groups excluding carboxylic acids is 1. The van der Waals surface area contributed by atoms with Gasteiger partial charge in [0.25, 0.3) is 0 Å². The Labute approximate surface area is 159 Å². The van der Waals surface area contributed by atoms with Gasteiger partial charge < -0.3 is 15.0 Å². The van der Waals surface area contributed by atoms with Crippen molar-refractivity contribution in [1.82, 2.24) is 15.2 Å². The molecule has 1 N–H and O–H groups in total. The second-order valence-electron chi connectivity index (χ2n) is 6.75. The van der Waals surface area contributed by atoms with Crippen LogP contribution in [-0.4, -0.2) is 35.6 Å². The van der Waals surface area contributed by atoms with E-state index in [4.69, 9.17) is 4.74 Å². The number of hydrogen-bond donors (Lipinski definition) is 1. The molecule has 0 unspecified atom stereocenters. The van der Waals surface area contributed by atoms with Crippen LogP contribution in [0.2, 0.25) is 0 Å². The van der Waals surface area contributed by atoms with Crippen LogP contribution in [0.4, 0.5) is 4.79 Å². The maximum Gasteiger partial charge on any atom is 0.317 e. The molecule has 2 aromatic rings. The molecule has 0 saturated carbocycles. The largest absolute Gasteiger partial charge is 0.494 e. The van der Waals surface area contributed by atoms with Gasteiger partial charge in [0.2, 0.25) is 0 Å². The second kappa shape index (κ2) is 9.03. The lowest BCUT2D eigenvalue weighted by molar-refractivity contribution is 0.179. The van der Waals surface area contributed by atoms with E-state index in [1.54, 1.807) is 11.3 Å². The van der Waals surface area contributed by atoms with Crippen LogP contribution in [0.1, 0.15) is 48.2 Å². The molecule has 1 aliphatic heterocycles. The van der Waals surface area contributed by atoms with E-state index < -0.39 is 0 Å². The maximum atomic E-state index is 12.6. The normalized spacial score (nSPS) is 17.2. The Kier molecular flexibility index (Phi) is 6.50. The predicted octanol–water partition coefficient (Wildman–Crippen LogP) is 4.33. The number of urea groups is 1. The highest BCUT2D eigenvalue weighted by atomic mass is 32.1. The second-order valence-corrected chi connectivity index (χ2v) is 7.68. The van der Waals surface area contributed by atoms with Gasteiger partial charge in [-0.1, -0.05) is 13.0 Å². The summed E-state index contributed by atoms with van der Waals surface area (Å²) in [6.07, 6.45) is 4.97. The van der Waals surface area contributed by atoms with Crippen molar-refractivity contribution >= 4 is 17.4 Å². The number of benzene rings is 1. The summed E-state index contributed by atoms with van der Waals surface area (Å²) >= 11 is 1.68. The Morgan fingerprint density at radius 3 is 3.08 bits per heavy atom. The van der Waals surface area contributed by atoms with Gasteiger partial charge in [-0.05, 0) is 49.4 Å². The van der Waals surface area contributed by atoms with E-state index in [0.29, 0.717) is 12.5 Å². The van der Waals surface area contributed by atoms with Crippen LogP contribution in [0.25, 0.3) is 0 Å². The third-order valence-electron chi connectivity index (χ3n) is 4.73. The molecular formula is C20H27N3O2S. The molecule has 0 bridgehead atoms. The molecular weight excluding hydrogens is 346 g/mol. The van der Waals surface area contributed by atoms with Gasteiger partial charge in [0.05, 0.1) is 11.6 Å². The minimum atomic E-state index is 0.0111. The number of ether oxygens (including phenoxy) is 1. The zero-order valence-corrected chi connectivity index (χ0v) is 16.3. The molecule has 3 rings (SSSR count). The molecule has 1 aliphatic rings. The zero-order chi connectivity index (χ0) is 18.4. The fraction of sp³-hybridized carbons (Fsp3) is 0.500. The average molecular weight is 374 g/mol. The van der Waals surface area contributed by atoms with E-state index in [9.17, 15) is 4.79 Å². The molecule has 26 heavy (non-hydrogen) atoms. The maximum absolute atomic E-state index is 12.6. The SMILES string of the molecule is CCCOc1ccc(CNC(=O)N2CCC[C@H](c3nccs3)C2)c(C)c1. The van der Waals surface area contributed by atoms with Crippen molar-refractivity contribution in [2.75, 3.05) is 19.7 Å². The third-order valence-corrected chi connectivity index (χ3v) is 5.66. The molecule has 6 heteroatoms. The first kappa shape index (κ1) is 18.7. The Bertz CT molecular complexity index is 718. The first-order valence-corrected chi connectivity index (χ1v) is 10.2. The number of rotatable bonds is 6. The van der Waals surface area contributed by atoms with Gasteiger partial charge in [-0.3, -0.25) is 0 Å². The van der Waals surface area contributed by atoms with Crippen molar-refractivity contribution in [2.45, 2.75) is 45.6 Å². The summed E-state index contributed by atoms with van der Waals surface area (Å²) in [7, 11) is 0. The molecule has 0 spiro atoms. The van der Waals surface area contributed by atoms with Crippen molar-refractivity contribution in [3.63, 3.8) is 0 Å². The number of carbonyl (C=O) groups is 1. The summed E-state index contributed by atoms with van der Waals surface area (Å²) in [5.41, 5.74) is 2.26. The Morgan fingerprint density at radius 2 is 2.35 bits per heavy atom. The van der Waals surface area contributed by atoms with E-state index in [1.807, 2.05) is 34.7 Å². The van der Waals surface area contributed by atoms with Crippen LogP contribution in [0.5, 0.6) is 5.75 Å². The number of nitrogens with zero attached hydrogens (tertiary/aromatic N) is 2.